The smallest absolute Gasteiger partial charge is 0.417 e. The zero-order chi connectivity index (χ0) is 16.2. The Morgan fingerprint density at radius 3 is 2.48 bits per heavy atom. The second-order valence-electron chi connectivity index (χ2n) is 4.34. The molecular weight excluding hydrogens is 355 g/mol. The summed E-state index contributed by atoms with van der Waals surface area (Å²) in [5, 5.41) is 11.0. The molecule has 116 valence electrons. The van der Waals surface area contributed by atoms with Crippen molar-refractivity contribution in [2.45, 2.75) is 32.0 Å². The molecule has 0 radical (unpaired) electrons. The third-order valence-electron chi connectivity index (χ3n) is 2.71. The van der Waals surface area contributed by atoms with Crippen molar-refractivity contribution in [3.05, 3.63) is 33.8 Å². The van der Waals surface area contributed by atoms with Gasteiger partial charge in [0, 0.05) is 4.47 Å². The van der Waals surface area contributed by atoms with Gasteiger partial charge in [0.2, 0.25) is 0 Å². The number of amides is 1. The minimum Gasteiger partial charge on any atom is -0.480 e. The lowest BCUT2D eigenvalue weighted by molar-refractivity contribution is -0.139. The van der Waals surface area contributed by atoms with Gasteiger partial charge in [-0.15, -0.1) is 0 Å². The van der Waals surface area contributed by atoms with Crippen molar-refractivity contribution in [3.63, 3.8) is 0 Å². The maximum atomic E-state index is 12.9. The van der Waals surface area contributed by atoms with Crippen LogP contribution in [0.2, 0.25) is 0 Å². The first-order chi connectivity index (χ1) is 9.66. The molecule has 0 heterocycles. The summed E-state index contributed by atoms with van der Waals surface area (Å²) in [5.74, 6) is -2.34. The minimum absolute atomic E-state index is 0.138. The molecular formula is C13H13BrF3NO3. The van der Waals surface area contributed by atoms with Crippen LogP contribution in [0.1, 0.15) is 35.7 Å². The van der Waals surface area contributed by atoms with Crippen LogP contribution in [0.15, 0.2) is 22.7 Å². The number of aliphatic carboxylic acids is 1. The fourth-order valence-corrected chi connectivity index (χ4v) is 2.09. The Morgan fingerprint density at radius 1 is 1.38 bits per heavy atom. The zero-order valence-electron chi connectivity index (χ0n) is 11.0. The number of nitrogens with one attached hydrogen (secondary N) is 1. The average molecular weight is 368 g/mol. The number of halogens is 4. The number of benzene rings is 1. The van der Waals surface area contributed by atoms with Gasteiger partial charge >= 0.3 is 12.1 Å². The van der Waals surface area contributed by atoms with E-state index in [0.29, 0.717) is 6.42 Å². The fourth-order valence-electron chi connectivity index (χ4n) is 1.73. The summed E-state index contributed by atoms with van der Waals surface area (Å²) in [6.45, 7) is 1.71. The van der Waals surface area contributed by atoms with Crippen LogP contribution in [0.4, 0.5) is 13.2 Å². The SMILES string of the molecule is CCC[C@H](NC(=O)c1ccc(Br)cc1C(F)(F)F)C(=O)O. The fraction of sp³-hybridized carbons (Fsp3) is 0.385. The van der Waals surface area contributed by atoms with E-state index < -0.39 is 35.2 Å². The maximum absolute atomic E-state index is 12.9. The van der Waals surface area contributed by atoms with Crippen LogP contribution < -0.4 is 5.32 Å². The van der Waals surface area contributed by atoms with Crippen molar-refractivity contribution in [1.82, 2.24) is 5.32 Å². The molecule has 0 saturated heterocycles. The highest BCUT2D eigenvalue weighted by molar-refractivity contribution is 9.10. The highest BCUT2D eigenvalue weighted by Crippen LogP contribution is 2.33. The van der Waals surface area contributed by atoms with Gasteiger partial charge in [-0.05, 0) is 24.6 Å². The van der Waals surface area contributed by atoms with Gasteiger partial charge in [-0.3, -0.25) is 4.79 Å². The van der Waals surface area contributed by atoms with Crippen LogP contribution >= 0.6 is 15.9 Å². The molecule has 1 amide bonds. The highest BCUT2D eigenvalue weighted by atomic mass is 79.9. The Morgan fingerprint density at radius 2 is 2.00 bits per heavy atom. The van der Waals surface area contributed by atoms with Crippen molar-refractivity contribution in [2.75, 3.05) is 0 Å². The summed E-state index contributed by atoms with van der Waals surface area (Å²) < 4.78 is 38.9. The molecule has 0 aliphatic rings. The topological polar surface area (TPSA) is 66.4 Å². The molecule has 4 nitrogen and oxygen atoms in total. The molecule has 0 saturated carbocycles. The minimum atomic E-state index is -4.71. The van der Waals surface area contributed by atoms with Crippen molar-refractivity contribution < 1.29 is 27.9 Å². The average Bonchev–Trinajstić information content (AvgIpc) is 2.36. The van der Waals surface area contributed by atoms with Gasteiger partial charge in [0.25, 0.3) is 5.91 Å². The van der Waals surface area contributed by atoms with Crippen LogP contribution in [0, 0.1) is 0 Å². The molecule has 0 bridgehead atoms. The van der Waals surface area contributed by atoms with Crippen LogP contribution in [0.25, 0.3) is 0 Å². The van der Waals surface area contributed by atoms with Crippen molar-refractivity contribution in [2.24, 2.45) is 0 Å². The molecule has 1 rings (SSSR count). The van der Waals surface area contributed by atoms with E-state index in [-0.39, 0.29) is 10.9 Å². The summed E-state index contributed by atoms with van der Waals surface area (Å²) in [6, 6.07) is 1.87. The van der Waals surface area contributed by atoms with E-state index >= 15 is 0 Å². The third-order valence-corrected chi connectivity index (χ3v) is 3.21. The summed E-state index contributed by atoms with van der Waals surface area (Å²) in [4.78, 5) is 22.9. The third kappa shape index (κ3) is 4.73. The van der Waals surface area contributed by atoms with Gasteiger partial charge in [0.05, 0.1) is 11.1 Å². The van der Waals surface area contributed by atoms with E-state index in [2.05, 4.69) is 21.2 Å². The number of carboxylic acid groups (broad SMARTS) is 1. The molecule has 1 aromatic carbocycles. The van der Waals surface area contributed by atoms with Gasteiger partial charge in [-0.1, -0.05) is 29.3 Å². The summed E-state index contributed by atoms with van der Waals surface area (Å²) in [7, 11) is 0. The number of hydrogen-bond acceptors (Lipinski definition) is 2. The first-order valence-corrected chi connectivity index (χ1v) is 6.86. The summed E-state index contributed by atoms with van der Waals surface area (Å²) in [6.07, 6.45) is -4.09. The predicted molar refractivity (Wildman–Crippen MR) is 72.9 cm³/mol. The number of hydrogen-bond donors (Lipinski definition) is 2. The Kier molecular flexibility index (Phi) is 5.77. The second kappa shape index (κ2) is 6.93. The van der Waals surface area contributed by atoms with Crippen molar-refractivity contribution in [1.29, 1.82) is 0 Å². The lowest BCUT2D eigenvalue weighted by Gasteiger charge is -2.17. The first-order valence-electron chi connectivity index (χ1n) is 6.07. The van der Waals surface area contributed by atoms with Crippen LogP contribution in [0.5, 0.6) is 0 Å². The summed E-state index contributed by atoms with van der Waals surface area (Å²) >= 11 is 2.91. The highest BCUT2D eigenvalue weighted by Gasteiger charge is 2.36. The number of carboxylic acids is 1. The molecule has 1 atom stereocenters. The molecule has 1 aromatic rings. The van der Waals surface area contributed by atoms with Crippen molar-refractivity contribution >= 4 is 27.8 Å². The summed E-state index contributed by atoms with van der Waals surface area (Å²) in [5.41, 5.74) is -1.72. The molecule has 0 unspecified atom stereocenters. The Bertz CT molecular complexity index is 546. The van der Waals surface area contributed by atoms with Gasteiger partial charge in [-0.2, -0.15) is 13.2 Å². The Hall–Kier alpha value is -1.57. The number of rotatable bonds is 5. The molecule has 0 spiro atoms. The van der Waals surface area contributed by atoms with Gasteiger partial charge in [-0.25, -0.2) is 4.79 Å². The number of carbonyl (C=O) groups excluding carboxylic acids is 1. The van der Waals surface area contributed by atoms with Crippen LogP contribution in [-0.2, 0) is 11.0 Å². The van der Waals surface area contributed by atoms with Gasteiger partial charge in [0.15, 0.2) is 0 Å². The van der Waals surface area contributed by atoms with Crippen LogP contribution in [0.3, 0.4) is 0 Å². The zero-order valence-corrected chi connectivity index (χ0v) is 12.6. The van der Waals surface area contributed by atoms with Gasteiger partial charge < -0.3 is 10.4 Å². The van der Waals surface area contributed by atoms with E-state index in [1.165, 1.54) is 6.07 Å². The first kappa shape index (κ1) is 17.5. The van der Waals surface area contributed by atoms with E-state index in [1.807, 2.05) is 0 Å². The van der Waals surface area contributed by atoms with E-state index in [1.54, 1.807) is 6.92 Å². The van der Waals surface area contributed by atoms with E-state index in [4.69, 9.17) is 5.11 Å². The van der Waals surface area contributed by atoms with E-state index in [0.717, 1.165) is 12.1 Å². The van der Waals surface area contributed by atoms with Gasteiger partial charge in [0.1, 0.15) is 6.04 Å². The molecule has 8 heteroatoms. The Balaban J connectivity index is 3.10. The molecule has 0 aromatic heterocycles. The second-order valence-corrected chi connectivity index (χ2v) is 5.26. The van der Waals surface area contributed by atoms with E-state index in [9.17, 15) is 22.8 Å². The Labute approximate surface area is 127 Å². The maximum Gasteiger partial charge on any atom is 0.417 e. The lowest BCUT2D eigenvalue weighted by atomic mass is 10.1. The molecule has 0 aliphatic heterocycles. The van der Waals surface area contributed by atoms with Crippen molar-refractivity contribution in [3.8, 4) is 0 Å². The monoisotopic (exact) mass is 367 g/mol. The predicted octanol–water partition coefficient (Wildman–Crippen LogP) is 3.45. The number of alkyl halides is 3. The number of carbonyl (C=O) groups is 2. The quantitative estimate of drug-likeness (QED) is 0.837. The molecule has 21 heavy (non-hydrogen) atoms. The largest absolute Gasteiger partial charge is 0.480 e. The normalized spacial score (nSPS) is 12.8. The molecule has 0 aliphatic carbocycles. The molecule has 2 N–H and O–H groups in total. The van der Waals surface area contributed by atoms with Crippen LogP contribution in [-0.4, -0.2) is 23.0 Å². The lowest BCUT2D eigenvalue weighted by Crippen LogP contribution is -2.41. The molecule has 0 fully saturated rings. The standard InChI is InChI=1S/C13H13BrF3NO3/c1-2-3-10(12(20)21)18-11(19)8-5-4-7(14)6-9(8)13(15,16)17/h4-6,10H,2-3H2,1H3,(H,18,19)(H,20,21)/t10-/m0/s1.